The summed E-state index contributed by atoms with van der Waals surface area (Å²) in [5.74, 6) is 0. The molecule has 1 heterocycles. The van der Waals surface area contributed by atoms with Crippen molar-refractivity contribution in [1.82, 2.24) is 10.9 Å². The van der Waals surface area contributed by atoms with Crippen molar-refractivity contribution in [3.8, 4) is 0 Å². The molecule has 1 fully saturated rings. The van der Waals surface area contributed by atoms with Gasteiger partial charge >= 0.3 is 0 Å². The molecule has 0 unspecified atom stereocenters. The fraction of sp³-hybridized carbons (Fsp3) is 1.00. The van der Waals surface area contributed by atoms with Crippen LogP contribution in [0.25, 0.3) is 0 Å². The Morgan fingerprint density at radius 1 is 0.500 bits per heavy atom. The van der Waals surface area contributed by atoms with Crippen molar-refractivity contribution in [2.24, 2.45) is 0 Å². The molecule has 2 N–H and O–H groups in total. The van der Waals surface area contributed by atoms with Gasteiger partial charge in [0.15, 0.2) is 0 Å². The predicted molar refractivity (Wildman–Crippen MR) is 43.7 cm³/mol. The summed E-state index contributed by atoms with van der Waals surface area (Å²) in [5.41, 5.74) is 6.41. The van der Waals surface area contributed by atoms with E-state index in [1.54, 1.807) is 0 Å². The number of rotatable bonds is 0. The summed E-state index contributed by atoms with van der Waals surface area (Å²) in [7, 11) is 0. The molecule has 0 aromatic heterocycles. The molecule has 0 amide bonds. The van der Waals surface area contributed by atoms with Crippen molar-refractivity contribution in [3.63, 3.8) is 0 Å². The fourth-order valence-electron chi connectivity index (χ4n) is 1.31. The van der Waals surface area contributed by atoms with Crippen molar-refractivity contribution in [1.29, 1.82) is 0 Å². The van der Waals surface area contributed by atoms with Crippen molar-refractivity contribution in [2.75, 3.05) is 13.1 Å². The van der Waals surface area contributed by atoms with Crippen molar-refractivity contribution >= 4 is 0 Å². The first-order valence-electron chi connectivity index (χ1n) is 4.46. The van der Waals surface area contributed by atoms with E-state index >= 15 is 0 Å². The van der Waals surface area contributed by atoms with E-state index in [0.29, 0.717) is 0 Å². The van der Waals surface area contributed by atoms with Crippen LogP contribution in [0.3, 0.4) is 0 Å². The molecule has 10 heavy (non-hydrogen) atoms. The van der Waals surface area contributed by atoms with Gasteiger partial charge in [-0.2, -0.15) is 0 Å². The third-order valence-corrected chi connectivity index (χ3v) is 1.98. The Bertz CT molecular complexity index is 40.4. The van der Waals surface area contributed by atoms with Crippen LogP contribution in [-0.4, -0.2) is 13.1 Å². The Morgan fingerprint density at radius 2 is 0.900 bits per heavy atom. The molecule has 0 bridgehead atoms. The Kier molecular flexibility index (Phi) is 4.56. The van der Waals surface area contributed by atoms with E-state index in [1.807, 2.05) is 0 Å². The van der Waals surface area contributed by atoms with Crippen LogP contribution in [0.1, 0.15) is 38.5 Å². The molecule has 2 nitrogen and oxygen atoms in total. The van der Waals surface area contributed by atoms with Gasteiger partial charge in [0.05, 0.1) is 0 Å². The monoisotopic (exact) mass is 142 g/mol. The van der Waals surface area contributed by atoms with E-state index in [0.717, 1.165) is 13.1 Å². The smallest absolute Gasteiger partial charge is 0.00997 e. The van der Waals surface area contributed by atoms with E-state index in [2.05, 4.69) is 10.9 Å². The summed E-state index contributed by atoms with van der Waals surface area (Å²) in [6, 6.07) is 0. The highest BCUT2D eigenvalue weighted by Crippen LogP contribution is 2.04. The summed E-state index contributed by atoms with van der Waals surface area (Å²) in [6.07, 6.45) is 8.31. The van der Waals surface area contributed by atoms with Crippen LogP contribution in [0.15, 0.2) is 0 Å². The summed E-state index contributed by atoms with van der Waals surface area (Å²) < 4.78 is 0. The molecular formula is C8H18N2. The largest absolute Gasteiger partial charge is 0.258 e. The van der Waals surface area contributed by atoms with Gasteiger partial charge in [0.1, 0.15) is 0 Å². The zero-order valence-electron chi connectivity index (χ0n) is 6.66. The zero-order chi connectivity index (χ0) is 7.07. The van der Waals surface area contributed by atoms with Gasteiger partial charge in [0.2, 0.25) is 0 Å². The zero-order valence-corrected chi connectivity index (χ0v) is 6.66. The third-order valence-electron chi connectivity index (χ3n) is 1.98. The Hall–Kier alpha value is -0.0800. The van der Waals surface area contributed by atoms with E-state index < -0.39 is 0 Å². The first-order valence-corrected chi connectivity index (χ1v) is 4.46. The van der Waals surface area contributed by atoms with Gasteiger partial charge in [0, 0.05) is 13.1 Å². The third kappa shape index (κ3) is 3.85. The van der Waals surface area contributed by atoms with Gasteiger partial charge < -0.3 is 0 Å². The minimum absolute atomic E-state index is 1.14. The average molecular weight is 142 g/mol. The maximum atomic E-state index is 3.20. The lowest BCUT2D eigenvalue weighted by atomic mass is 10.1. The van der Waals surface area contributed by atoms with Crippen LogP contribution < -0.4 is 10.9 Å². The van der Waals surface area contributed by atoms with Crippen molar-refractivity contribution < 1.29 is 0 Å². The minimum Gasteiger partial charge on any atom is -0.258 e. The number of nitrogens with one attached hydrogen (secondary N) is 2. The predicted octanol–water partition coefficient (Wildman–Crippen LogP) is 1.43. The summed E-state index contributed by atoms with van der Waals surface area (Å²) in [4.78, 5) is 0. The quantitative estimate of drug-likeness (QED) is 0.534. The highest BCUT2D eigenvalue weighted by molar-refractivity contribution is 4.51. The molecule has 2 heteroatoms. The van der Waals surface area contributed by atoms with Gasteiger partial charge in [-0.25, -0.2) is 0 Å². The van der Waals surface area contributed by atoms with Crippen LogP contribution >= 0.6 is 0 Å². The summed E-state index contributed by atoms with van der Waals surface area (Å²) >= 11 is 0. The van der Waals surface area contributed by atoms with Crippen molar-refractivity contribution in [3.05, 3.63) is 0 Å². The Morgan fingerprint density at radius 3 is 1.40 bits per heavy atom. The average Bonchev–Trinajstić information content (AvgIpc) is 2.01. The first kappa shape index (κ1) is 8.02. The van der Waals surface area contributed by atoms with Crippen LogP contribution in [0.5, 0.6) is 0 Å². The van der Waals surface area contributed by atoms with E-state index in [-0.39, 0.29) is 0 Å². The summed E-state index contributed by atoms with van der Waals surface area (Å²) in [5, 5.41) is 0. The van der Waals surface area contributed by atoms with Crippen LogP contribution in [0.2, 0.25) is 0 Å². The topological polar surface area (TPSA) is 24.1 Å². The molecule has 1 rings (SSSR count). The van der Waals surface area contributed by atoms with Gasteiger partial charge in [-0.15, -0.1) is 0 Å². The van der Waals surface area contributed by atoms with Gasteiger partial charge in [-0.05, 0) is 12.8 Å². The lowest BCUT2D eigenvalue weighted by molar-refractivity contribution is 0.461. The first-order chi connectivity index (χ1) is 5.00. The molecule has 0 spiro atoms. The van der Waals surface area contributed by atoms with E-state index in [1.165, 1.54) is 38.5 Å². The standard InChI is InChI=1S/C8H18N2/c1-2-4-6-8-10-9-7-5-3-1/h9-10H,1-8H2. The highest BCUT2D eigenvalue weighted by atomic mass is 15.3. The van der Waals surface area contributed by atoms with Gasteiger partial charge in [-0.3, -0.25) is 10.9 Å². The molecule has 1 saturated heterocycles. The molecule has 0 radical (unpaired) electrons. The molecule has 0 saturated carbocycles. The maximum Gasteiger partial charge on any atom is 0.00997 e. The second kappa shape index (κ2) is 5.69. The molecule has 0 aromatic carbocycles. The number of hydrogen-bond acceptors (Lipinski definition) is 2. The van der Waals surface area contributed by atoms with Gasteiger partial charge in [-0.1, -0.05) is 25.7 Å². The fourth-order valence-corrected chi connectivity index (χ4v) is 1.31. The molecule has 1 aliphatic heterocycles. The molecule has 1 aliphatic rings. The summed E-state index contributed by atoms with van der Waals surface area (Å²) in [6.45, 7) is 2.28. The SMILES string of the molecule is C1CCCCNNCCC1. The molecular weight excluding hydrogens is 124 g/mol. The van der Waals surface area contributed by atoms with Crippen LogP contribution in [-0.2, 0) is 0 Å². The number of hydrogen-bond donors (Lipinski definition) is 2. The van der Waals surface area contributed by atoms with Gasteiger partial charge in [0.25, 0.3) is 0 Å². The maximum absolute atomic E-state index is 3.20. The molecule has 0 atom stereocenters. The molecule has 0 aromatic rings. The van der Waals surface area contributed by atoms with Crippen molar-refractivity contribution in [2.45, 2.75) is 38.5 Å². The van der Waals surface area contributed by atoms with E-state index in [9.17, 15) is 0 Å². The Labute approximate surface area is 63.4 Å². The lowest BCUT2D eigenvalue weighted by Gasteiger charge is -2.09. The molecule has 0 aliphatic carbocycles. The minimum atomic E-state index is 1.14. The van der Waals surface area contributed by atoms with E-state index in [4.69, 9.17) is 0 Å². The second-order valence-corrected chi connectivity index (χ2v) is 2.97. The second-order valence-electron chi connectivity index (χ2n) is 2.97. The normalized spacial score (nSPS) is 24.0. The highest BCUT2D eigenvalue weighted by Gasteiger charge is 1.94. The number of hydrazine groups is 1. The lowest BCUT2D eigenvalue weighted by Crippen LogP contribution is -2.33. The van der Waals surface area contributed by atoms with Crippen LogP contribution in [0.4, 0.5) is 0 Å². The molecule has 60 valence electrons. The van der Waals surface area contributed by atoms with Crippen LogP contribution in [0, 0.1) is 0 Å². The Balaban J connectivity index is 2.00.